The molecule has 3 aromatic carbocycles. The van der Waals surface area contributed by atoms with Crippen molar-refractivity contribution >= 4 is 38.8 Å². The molecule has 7 heteroatoms. The first kappa shape index (κ1) is 32.2. The topological polar surface area (TPSA) is 77.5 Å². The number of ether oxygens (including phenoxy) is 1. The van der Waals surface area contributed by atoms with E-state index in [-0.39, 0.29) is 43.5 Å². The normalized spacial score (nSPS) is 12.2. The van der Waals surface area contributed by atoms with Crippen molar-refractivity contribution in [2.45, 2.75) is 53.4 Å². The van der Waals surface area contributed by atoms with Crippen LogP contribution >= 0.6 is 0 Å². The van der Waals surface area contributed by atoms with Crippen LogP contribution in [0.4, 0.5) is 0 Å². The standard InChI is InChI=1S/C25H13N2O2.C13H24O2.Ir/c1-2-12-20-19(11-1)27-22-16(9-6-13-21(22)28-20)25-23(27)17-8-5-7-15(24(17)29-25)18-10-3-4-14-26-18;1-5-10(6-2)12(14)9-13(15)11(7-3)8-4;/h1-6,8-14H;9-11,14H,5-8H2,1-4H3;/q-1;;/b;12-9-;. The maximum absolute atomic E-state index is 11.7. The van der Waals surface area contributed by atoms with Crippen LogP contribution in [0.5, 0.6) is 11.5 Å². The maximum Gasteiger partial charge on any atom is 0.162 e. The van der Waals surface area contributed by atoms with Crippen molar-refractivity contribution in [2.24, 2.45) is 11.8 Å². The summed E-state index contributed by atoms with van der Waals surface area (Å²) in [5.41, 5.74) is 6.48. The molecule has 233 valence electrons. The van der Waals surface area contributed by atoms with Gasteiger partial charge in [0.05, 0.1) is 22.5 Å². The number of para-hydroxylation sites is 3. The second kappa shape index (κ2) is 13.8. The van der Waals surface area contributed by atoms with Crippen LogP contribution in [-0.2, 0) is 24.9 Å². The van der Waals surface area contributed by atoms with Crippen LogP contribution in [-0.4, -0.2) is 20.4 Å². The van der Waals surface area contributed by atoms with Crippen LogP contribution in [0.25, 0.3) is 49.9 Å². The van der Waals surface area contributed by atoms with E-state index in [1.54, 1.807) is 6.20 Å². The number of rotatable bonds is 8. The van der Waals surface area contributed by atoms with E-state index >= 15 is 0 Å². The van der Waals surface area contributed by atoms with E-state index in [0.29, 0.717) is 0 Å². The number of carbonyl (C=O) groups is 1. The van der Waals surface area contributed by atoms with Crippen LogP contribution in [0.1, 0.15) is 53.4 Å². The fourth-order valence-corrected chi connectivity index (χ4v) is 6.15. The fraction of sp³-hybridized carbons (Fsp3) is 0.263. The van der Waals surface area contributed by atoms with Gasteiger partial charge in [-0.1, -0.05) is 63.6 Å². The van der Waals surface area contributed by atoms with Gasteiger partial charge in [-0.2, -0.15) is 0 Å². The summed E-state index contributed by atoms with van der Waals surface area (Å²) in [5, 5.41) is 11.8. The Balaban J connectivity index is 0.000000217. The number of aliphatic hydroxyl groups is 1. The van der Waals surface area contributed by atoms with Crippen molar-refractivity contribution in [1.82, 2.24) is 9.55 Å². The van der Waals surface area contributed by atoms with Crippen LogP contribution in [0, 0.1) is 17.9 Å². The molecule has 0 saturated heterocycles. The molecule has 45 heavy (non-hydrogen) atoms. The molecule has 0 aliphatic carbocycles. The molecule has 1 N–H and O–H groups in total. The van der Waals surface area contributed by atoms with Gasteiger partial charge in [0.25, 0.3) is 0 Å². The molecule has 1 aliphatic rings. The fourth-order valence-electron chi connectivity index (χ4n) is 6.15. The number of allylic oxidation sites excluding steroid dienone is 2. The van der Waals surface area contributed by atoms with Crippen molar-refractivity contribution in [3.63, 3.8) is 0 Å². The van der Waals surface area contributed by atoms with E-state index in [9.17, 15) is 9.90 Å². The molecule has 6 nitrogen and oxygen atoms in total. The maximum atomic E-state index is 11.7. The SMILES string of the molecule is CCC(CC)C(=O)/C=C(\O)C(CC)CC.[Ir].[c-]1ccc2c(oc3c4cccc5c4n(c23)-c2ccccc2O5)c1-c1ccccn1. The van der Waals surface area contributed by atoms with E-state index in [1.807, 2.05) is 82.3 Å². The molecule has 0 unspecified atom stereocenters. The van der Waals surface area contributed by atoms with Crippen LogP contribution in [0.2, 0.25) is 0 Å². The molecule has 0 fully saturated rings. The van der Waals surface area contributed by atoms with Gasteiger partial charge in [0, 0.05) is 49.6 Å². The third-order valence-corrected chi connectivity index (χ3v) is 8.64. The molecule has 1 aliphatic heterocycles. The molecule has 0 bridgehead atoms. The van der Waals surface area contributed by atoms with Crippen LogP contribution in [0.3, 0.4) is 0 Å². The summed E-state index contributed by atoms with van der Waals surface area (Å²) < 4.78 is 14.9. The van der Waals surface area contributed by atoms with Crippen molar-refractivity contribution in [3.05, 3.63) is 96.9 Å². The third kappa shape index (κ3) is 5.83. The molecule has 1 radical (unpaired) electrons. The predicted molar refractivity (Wildman–Crippen MR) is 177 cm³/mol. The van der Waals surface area contributed by atoms with Crippen molar-refractivity contribution in [2.75, 3.05) is 0 Å². The summed E-state index contributed by atoms with van der Waals surface area (Å²) in [6, 6.07) is 27.4. The third-order valence-electron chi connectivity index (χ3n) is 8.64. The van der Waals surface area contributed by atoms with Gasteiger partial charge >= 0.3 is 0 Å². The summed E-state index contributed by atoms with van der Waals surface area (Å²) in [6.45, 7) is 8.07. The second-order valence-electron chi connectivity index (χ2n) is 11.1. The predicted octanol–water partition coefficient (Wildman–Crippen LogP) is 10.4. The van der Waals surface area contributed by atoms with Crippen molar-refractivity contribution in [3.8, 4) is 28.4 Å². The van der Waals surface area contributed by atoms with Gasteiger partial charge in [-0.15, -0.1) is 18.2 Å². The number of ketones is 1. The van der Waals surface area contributed by atoms with Gasteiger partial charge in [0.1, 0.15) is 11.1 Å². The number of fused-ring (bicyclic) bond motifs is 7. The van der Waals surface area contributed by atoms with Gasteiger partial charge in [-0.3, -0.25) is 4.79 Å². The Kier molecular flexibility index (Phi) is 9.91. The number of nitrogens with zero attached hydrogens (tertiary/aromatic N) is 2. The molecule has 0 saturated carbocycles. The zero-order valence-corrected chi connectivity index (χ0v) is 28.4. The number of benzene rings is 3. The monoisotopic (exact) mass is 778 g/mol. The summed E-state index contributed by atoms with van der Waals surface area (Å²) in [4.78, 5) is 16.2. The molecule has 3 aromatic heterocycles. The number of carbonyl (C=O) groups excluding carboxylic acids is 1. The first-order valence-corrected chi connectivity index (χ1v) is 15.5. The molecule has 0 atom stereocenters. The molecule has 0 spiro atoms. The zero-order valence-electron chi connectivity index (χ0n) is 26.0. The Labute approximate surface area is 277 Å². The first-order chi connectivity index (χ1) is 21.5. The van der Waals surface area contributed by atoms with Gasteiger partial charge in [-0.05, 0) is 67.1 Å². The summed E-state index contributed by atoms with van der Waals surface area (Å²) in [5.74, 6) is 2.23. The van der Waals surface area contributed by atoms with E-state index in [1.165, 1.54) is 6.08 Å². The molecule has 7 rings (SSSR count). The van der Waals surface area contributed by atoms with Gasteiger partial charge in [-0.25, -0.2) is 0 Å². The van der Waals surface area contributed by atoms with E-state index in [0.717, 1.165) is 87.1 Å². The van der Waals surface area contributed by atoms with Gasteiger partial charge in [0.2, 0.25) is 0 Å². The summed E-state index contributed by atoms with van der Waals surface area (Å²) >= 11 is 0. The smallest absolute Gasteiger partial charge is 0.162 e. The van der Waals surface area contributed by atoms with E-state index < -0.39 is 0 Å². The molecular weight excluding hydrogens is 741 g/mol. The number of furan rings is 1. The Morgan fingerprint density at radius 2 is 1.53 bits per heavy atom. The zero-order chi connectivity index (χ0) is 30.8. The number of aliphatic hydroxyl groups excluding tert-OH is 1. The number of hydrogen-bond acceptors (Lipinski definition) is 5. The average Bonchev–Trinajstić information content (AvgIpc) is 3.60. The average molecular weight is 778 g/mol. The Bertz CT molecular complexity index is 1980. The molecule has 6 aromatic rings. The Morgan fingerprint density at radius 1 is 0.844 bits per heavy atom. The van der Waals surface area contributed by atoms with E-state index in [4.69, 9.17) is 9.15 Å². The molecule has 0 amide bonds. The summed E-state index contributed by atoms with van der Waals surface area (Å²) in [6.07, 6.45) is 6.70. The first-order valence-electron chi connectivity index (χ1n) is 15.5. The number of pyridine rings is 1. The van der Waals surface area contributed by atoms with E-state index in [2.05, 4.69) is 33.8 Å². The summed E-state index contributed by atoms with van der Waals surface area (Å²) in [7, 11) is 0. The Hall–Kier alpha value is -4.19. The quantitative estimate of drug-likeness (QED) is 0.0945. The number of aromatic nitrogens is 2. The van der Waals surface area contributed by atoms with Crippen LogP contribution in [0.15, 0.2) is 95.2 Å². The van der Waals surface area contributed by atoms with Gasteiger partial charge < -0.3 is 23.8 Å². The largest absolute Gasteiger partial charge is 0.512 e. The molecule has 4 heterocycles. The Morgan fingerprint density at radius 3 is 2.24 bits per heavy atom. The minimum atomic E-state index is 0. The number of hydrogen-bond donors (Lipinski definition) is 1. The van der Waals surface area contributed by atoms with Crippen molar-refractivity contribution < 1.29 is 39.2 Å². The van der Waals surface area contributed by atoms with Crippen molar-refractivity contribution in [1.29, 1.82) is 0 Å². The van der Waals surface area contributed by atoms with Crippen LogP contribution < -0.4 is 4.74 Å². The minimum absolute atomic E-state index is 0. The minimum Gasteiger partial charge on any atom is -0.512 e. The van der Waals surface area contributed by atoms with Gasteiger partial charge in [0.15, 0.2) is 17.3 Å². The second-order valence-corrected chi connectivity index (χ2v) is 11.1. The molecular formula is C38H37IrN2O4-.